The summed E-state index contributed by atoms with van der Waals surface area (Å²) in [6, 6.07) is 4.12. The van der Waals surface area contributed by atoms with E-state index in [1.807, 2.05) is 19.9 Å². The van der Waals surface area contributed by atoms with E-state index in [0.717, 1.165) is 0 Å². The van der Waals surface area contributed by atoms with Crippen molar-refractivity contribution in [1.29, 1.82) is 10.5 Å². The largest absolute Gasteiger partial charge is 0.300 e. The number of nitriles is 2. The predicted molar refractivity (Wildman–Crippen MR) is 57.0 cm³/mol. The van der Waals surface area contributed by atoms with Crippen LogP contribution in [0.2, 0.25) is 0 Å². The van der Waals surface area contributed by atoms with Crippen molar-refractivity contribution < 1.29 is 0 Å². The minimum atomic E-state index is -0.199. The lowest BCUT2D eigenvalue weighted by Gasteiger charge is -2.13. The molecule has 0 aliphatic rings. The molecule has 6 nitrogen and oxygen atoms in total. The van der Waals surface area contributed by atoms with Crippen molar-refractivity contribution in [3.63, 3.8) is 0 Å². The molecule has 0 spiro atoms. The lowest BCUT2D eigenvalue weighted by Crippen LogP contribution is -2.34. The average Bonchev–Trinajstić information content (AvgIpc) is 2.71. The smallest absolute Gasteiger partial charge is 0.252 e. The van der Waals surface area contributed by atoms with Gasteiger partial charge in [-0.1, -0.05) is 0 Å². The van der Waals surface area contributed by atoms with Gasteiger partial charge in [0.25, 0.3) is 5.82 Å². The fraction of sp³-hybridized carbons (Fsp3) is 0.600. The van der Waals surface area contributed by atoms with Gasteiger partial charge in [-0.3, -0.25) is 10.00 Å². The molecule has 0 bridgehead atoms. The molecule has 1 N–H and O–H groups in total. The molecule has 1 aromatic rings. The quantitative estimate of drug-likeness (QED) is 0.774. The summed E-state index contributed by atoms with van der Waals surface area (Å²) >= 11 is 0. The summed E-state index contributed by atoms with van der Waals surface area (Å²) in [5, 5.41) is 24.5. The number of hydrogen-bond acceptors (Lipinski definition) is 5. The molecule has 16 heavy (non-hydrogen) atoms. The average molecular weight is 218 g/mol. The van der Waals surface area contributed by atoms with Gasteiger partial charge in [-0.25, -0.2) is 4.98 Å². The Morgan fingerprint density at radius 2 is 2.25 bits per heavy atom. The van der Waals surface area contributed by atoms with Crippen molar-refractivity contribution in [3.05, 3.63) is 12.2 Å². The third kappa shape index (κ3) is 3.68. The van der Waals surface area contributed by atoms with Crippen LogP contribution in [-0.2, 0) is 6.54 Å². The molecule has 0 saturated heterocycles. The van der Waals surface area contributed by atoms with Crippen molar-refractivity contribution in [2.75, 3.05) is 0 Å². The summed E-state index contributed by atoms with van der Waals surface area (Å²) < 4.78 is 1.57. The standard InChI is InChI=1S/C10H14N6/c1-8(2)14-9(5-11)3-4-16-7-13-10(6-12)15-16/h7-9,14H,3-4H2,1-2H3. The summed E-state index contributed by atoms with van der Waals surface area (Å²) in [5.41, 5.74) is 0. The fourth-order valence-electron chi connectivity index (χ4n) is 1.30. The second-order valence-corrected chi connectivity index (χ2v) is 3.73. The molecule has 84 valence electrons. The van der Waals surface area contributed by atoms with Gasteiger partial charge in [0.05, 0.1) is 12.1 Å². The van der Waals surface area contributed by atoms with Crippen LogP contribution >= 0.6 is 0 Å². The van der Waals surface area contributed by atoms with Crippen LogP contribution in [0, 0.1) is 22.7 Å². The molecule has 0 radical (unpaired) electrons. The van der Waals surface area contributed by atoms with E-state index in [2.05, 4.69) is 21.5 Å². The summed E-state index contributed by atoms with van der Waals surface area (Å²) in [7, 11) is 0. The molecule has 1 rings (SSSR count). The van der Waals surface area contributed by atoms with Crippen LogP contribution in [0.5, 0.6) is 0 Å². The molecule has 6 heteroatoms. The van der Waals surface area contributed by atoms with Gasteiger partial charge in [-0.05, 0) is 20.3 Å². The Balaban J connectivity index is 2.44. The Kier molecular flexibility index (Phi) is 4.43. The fourth-order valence-corrected chi connectivity index (χ4v) is 1.30. The highest BCUT2D eigenvalue weighted by Gasteiger charge is 2.09. The van der Waals surface area contributed by atoms with Gasteiger partial charge in [-0.15, -0.1) is 5.10 Å². The van der Waals surface area contributed by atoms with Crippen LogP contribution in [0.3, 0.4) is 0 Å². The normalized spacial score (nSPS) is 12.1. The van der Waals surface area contributed by atoms with Gasteiger partial charge in [-0.2, -0.15) is 10.5 Å². The highest BCUT2D eigenvalue weighted by Crippen LogP contribution is 1.97. The first-order valence-electron chi connectivity index (χ1n) is 5.11. The first-order valence-corrected chi connectivity index (χ1v) is 5.11. The SMILES string of the molecule is CC(C)NC(C#N)CCn1cnc(C#N)n1. The molecule has 0 amide bonds. The van der Waals surface area contributed by atoms with Gasteiger partial charge in [0.2, 0.25) is 0 Å². The lowest BCUT2D eigenvalue weighted by atomic mass is 10.2. The second kappa shape index (κ2) is 5.84. The number of hydrogen-bond donors (Lipinski definition) is 1. The van der Waals surface area contributed by atoms with E-state index in [1.165, 1.54) is 6.33 Å². The highest BCUT2D eigenvalue weighted by molar-refractivity contribution is 5.05. The van der Waals surface area contributed by atoms with Gasteiger partial charge in [0.15, 0.2) is 0 Å². The zero-order valence-electron chi connectivity index (χ0n) is 9.38. The summed E-state index contributed by atoms with van der Waals surface area (Å²) in [5.74, 6) is 0.158. The van der Waals surface area contributed by atoms with Crippen molar-refractivity contribution in [3.8, 4) is 12.1 Å². The molecular formula is C10H14N6. The predicted octanol–water partition coefficient (Wildman–Crippen LogP) is 0.430. The third-order valence-corrected chi connectivity index (χ3v) is 1.97. The monoisotopic (exact) mass is 218 g/mol. The van der Waals surface area contributed by atoms with Gasteiger partial charge in [0.1, 0.15) is 12.4 Å². The maximum Gasteiger partial charge on any atom is 0.252 e. The van der Waals surface area contributed by atoms with Crippen LogP contribution in [0.4, 0.5) is 0 Å². The molecule has 0 aromatic carbocycles. The molecule has 1 heterocycles. The van der Waals surface area contributed by atoms with E-state index in [9.17, 15) is 0 Å². The van der Waals surface area contributed by atoms with Gasteiger partial charge < -0.3 is 0 Å². The van der Waals surface area contributed by atoms with E-state index in [-0.39, 0.29) is 17.9 Å². The molecule has 1 aromatic heterocycles. The van der Waals surface area contributed by atoms with E-state index in [1.54, 1.807) is 4.68 Å². The molecule has 0 fully saturated rings. The van der Waals surface area contributed by atoms with E-state index in [0.29, 0.717) is 13.0 Å². The summed E-state index contributed by atoms with van der Waals surface area (Å²) in [6.07, 6.45) is 2.14. The van der Waals surface area contributed by atoms with E-state index >= 15 is 0 Å². The topological polar surface area (TPSA) is 90.3 Å². The molecule has 1 unspecified atom stereocenters. The molecule has 0 aliphatic carbocycles. The minimum Gasteiger partial charge on any atom is -0.300 e. The second-order valence-electron chi connectivity index (χ2n) is 3.73. The van der Waals surface area contributed by atoms with Crippen LogP contribution in [0.15, 0.2) is 6.33 Å². The number of rotatable bonds is 5. The van der Waals surface area contributed by atoms with Gasteiger partial charge in [0, 0.05) is 12.6 Å². The van der Waals surface area contributed by atoms with Gasteiger partial charge >= 0.3 is 0 Å². The molecule has 1 atom stereocenters. The van der Waals surface area contributed by atoms with Crippen LogP contribution in [-0.4, -0.2) is 26.8 Å². The number of aromatic nitrogens is 3. The van der Waals surface area contributed by atoms with Crippen molar-refractivity contribution in [1.82, 2.24) is 20.1 Å². The minimum absolute atomic E-state index is 0.158. The van der Waals surface area contributed by atoms with Crippen LogP contribution in [0.1, 0.15) is 26.1 Å². The van der Waals surface area contributed by atoms with Crippen molar-refractivity contribution in [2.24, 2.45) is 0 Å². The number of nitrogens with zero attached hydrogens (tertiary/aromatic N) is 5. The molecular weight excluding hydrogens is 204 g/mol. The molecule has 0 saturated carbocycles. The Morgan fingerprint density at radius 3 is 2.75 bits per heavy atom. The zero-order valence-corrected chi connectivity index (χ0v) is 9.38. The first-order chi connectivity index (χ1) is 7.65. The first kappa shape index (κ1) is 12.2. The van der Waals surface area contributed by atoms with Crippen LogP contribution < -0.4 is 5.32 Å². The third-order valence-electron chi connectivity index (χ3n) is 1.97. The Bertz CT molecular complexity index is 408. The van der Waals surface area contributed by atoms with Crippen molar-refractivity contribution >= 4 is 0 Å². The Morgan fingerprint density at radius 1 is 1.50 bits per heavy atom. The van der Waals surface area contributed by atoms with E-state index < -0.39 is 0 Å². The maximum atomic E-state index is 8.89. The van der Waals surface area contributed by atoms with E-state index in [4.69, 9.17) is 10.5 Å². The maximum absolute atomic E-state index is 8.89. The van der Waals surface area contributed by atoms with Crippen molar-refractivity contribution in [2.45, 2.75) is 38.9 Å². The number of nitrogens with one attached hydrogen (secondary N) is 1. The highest BCUT2D eigenvalue weighted by atomic mass is 15.3. The summed E-state index contributed by atoms with van der Waals surface area (Å²) in [4.78, 5) is 3.79. The Hall–Kier alpha value is -1.92. The zero-order chi connectivity index (χ0) is 12.0. The lowest BCUT2D eigenvalue weighted by molar-refractivity contribution is 0.461. The van der Waals surface area contributed by atoms with Crippen LogP contribution in [0.25, 0.3) is 0 Å². The molecule has 0 aliphatic heterocycles. The summed E-state index contributed by atoms with van der Waals surface area (Å²) in [6.45, 7) is 4.56. The number of aryl methyl sites for hydroxylation is 1. The Labute approximate surface area is 94.5 Å².